The highest BCUT2D eigenvalue weighted by atomic mass is 19.4. The van der Waals surface area contributed by atoms with Crippen LogP contribution in [0.4, 0.5) is 18.9 Å². The second-order valence-corrected chi connectivity index (χ2v) is 6.98. The molecule has 3 rings (SSSR count). The highest BCUT2D eigenvalue weighted by molar-refractivity contribution is 5.94. The number of hydrogen-bond acceptors (Lipinski definition) is 4. The van der Waals surface area contributed by atoms with Crippen LogP contribution in [-0.4, -0.2) is 42.7 Å². The van der Waals surface area contributed by atoms with Gasteiger partial charge in [0.1, 0.15) is 0 Å². The number of fused-ring (bicyclic) bond motifs is 1. The summed E-state index contributed by atoms with van der Waals surface area (Å²) in [5, 5.41) is 9.18. The molecule has 0 spiro atoms. The van der Waals surface area contributed by atoms with Crippen LogP contribution in [0.2, 0.25) is 0 Å². The number of carbonyl (C=O) groups excluding carboxylic acids is 1. The summed E-state index contributed by atoms with van der Waals surface area (Å²) in [6.07, 6.45) is -2.73. The summed E-state index contributed by atoms with van der Waals surface area (Å²) in [4.78, 5) is 20.3. The van der Waals surface area contributed by atoms with Crippen molar-refractivity contribution in [3.05, 3.63) is 53.7 Å². The molecule has 0 saturated carbocycles. The molecule has 10 heteroatoms. The van der Waals surface area contributed by atoms with Gasteiger partial charge in [-0.05, 0) is 24.6 Å². The monoisotopic (exact) mass is 435 g/mol. The van der Waals surface area contributed by atoms with Crippen LogP contribution in [0.5, 0.6) is 5.88 Å². The van der Waals surface area contributed by atoms with Crippen LogP contribution in [0, 0.1) is 0 Å². The maximum atomic E-state index is 12.5. The summed E-state index contributed by atoms with van der Waals surface area (Å²) in [7, 11) is 0. The van der Waals surface area contributed by atoms with Gasteiger partial charge < -0.3 is 20.7 Å². The summed E-state index contributed by atoms with van der Waals surface area (Å²) in [5.41, 5.74) is 2.28. The van der Waals surface area contributed by atoms with E-state index in [9.17, 15) is 18.0 Å². The lowest BCUT2D eigenvalue weighted by Gasteiger charge is -2.26. The molecule has 1 amide bonds. The van der Waals surface area contributed by atoms with Crippen molar-refractivity contribution in [2.45, 2.75) is 32.0 Å². The Labute approximate surface area is 178 Å². The molecular formula is C21H24F3N5O2. The Morgan fingerprint density at radius 3 is 2.84 bits per heavy atom. The van der Waals surface area contributed by atoms with E-state index >= 15 is 0 Å². The maximum Gasteiger partial charge on any atom is 0.422 e. The molecule has 2 aromatic rings. The fourth-order valence-electron chi connectivity index (χ4n) is 3.23. The predicted octanol–water partition coefficient (Wildman–Crippen LogP) is 3.20. The number of nitrogens with one attached hydrogen (secondary N) is 3. The van der Waals surface area contributed by atoms with Gasteiger partial charge in [-0.1, -0.05) is 24.3 Å². The van der Waals surface area contributed by atoms with Crippen molar-refractivity contribution in [2.24, 2.45) is 4.99 Å². The minimum Gasteiger partial charge on any atom is -0.468 e. The number of hydrogen-bond donors (Lipinski definition) is 3. The van der Waals surface area contributed by atoms with Crippen molar-refractivity contribution < 1.29 is 22.7 Å². The van der Waals surface area contributed by atoms with Crippen LogP contribution in [0.15, 0.2) is 47.6 Å². The Morgan fingerprint density at radius 2 is 2.06 bits per heavy atom. The van der Waals surface area contributed by atoms with E-state index in [4.69, 9.17) is 4.74 Å². The molecule has 1 aromatic heterocycles. The zero-order valence-electron chi connectivity index (χ0n) is 17.0. The van der Waals surface area contributed by atoms with E-state index in [0.29, 0.717) is 31.0 Å². The molecule has 0 fully saturated rings. The molecule has 1 aliphatic heterocycles. The largest absolute Gasteiger partial charge is 0.468 e. The quantitative estimate of drug-likeness (QED) is 0.459. The molecule has 1 aromatic carbocycles. The molecular weight excluding hydrogens is 411 g/mol. The Kier molecular flexibility index (Phi) is 7.32. The number of pyridine rings is 1. The Balaban J connectivity index is 1.67. The molecule has 0 radical (unpaired) electrons. The van der Waals surface area contributed by atoms with Crippen LogP contribution >= 0.6 is 0 Å². The highest BCUT2D eigenvalue weighted by Gasteiger charge is 2.29. The second-order valence-electron chi connectivity index (χ2n) is 6.98. The number of rotatable bonds is 7. The van der Waals surface area contributed by atoms with Gasteiger partial charge in [0.15, 0.2) is 12.6 Å². The molecule has 7 nitrogen and oxygen atoms in total. The van der Waals surface area contributed by atoms with Crippen LogP contribution < -0.4 is 20.7 Å². The lowest BCUT2D eigenvalue weighted by atomic mass is 9.90. The van der Waals surface area contributed by atoms with Gasteiger partial charge >= 0.3 is 6.18 Å². The van der Waals surface area contributed by atoms with Gasteiger partial charge in [0.2, 0.25) is 11.8 Å². The maximum absolute atomic E-state index is 12.5. The summed E-state index contributed by atoms with van der Waals surface area (Å²) in [5.74, 6) is 0.307. The number of para-hydroxylation sites is 1. The van der Waals surface area contributed by atoms with Gasteiger partial charge in [0.05, 0.1) is 6.54 Å². The van der Waals surface area contributed by atoms with E-state index in [2.05, 4.69) is 25.9 Å². The van der Waals surface area contributed by atoms with Crippen LogP contribution in [0.25, 0.3) is 0 Å². The first-order valence-corrected chi connectivity index (χ1v) is 9.90. The number of benzene rings is 1. The number of aliphatic imine (C=N–C) groups is 1. The number of carbonyl (C=O) groups is 1. The predicted molar refractivity (Wildman–Crippen MR) is 111 cm³/mol. The SMILES string of the molecule is CCNC(=NCc1cccnc1OCC(F)(F)F)NCC1CC(=O)Nc2ccccc21. The first-order chi connectivity index (χ1) is 14.9. The van der Waals surface area contributed by atoms with E-state index in [1.807, 2.05) is 31.2 Å². The molecule has 2 heterocycles. The zero-order chi connectivity index (χ0) is 22.3. The van der Waals surface area contributed by atoms with Gasteiger partial charge in [-0.25, -0.2) is 9.98 Å². The number of alkyl halides is 3. The van der Waals surface area contributed by atoms with E-state index in [1.54, 1.807) is 12.1 Å². The van der Waals surface area contributed by atoms with Crippen LogP contribution in [0.3, 0.4) is 0 Å². The van der Waals surface area contributed by atoms with Crippen molar-refractivity contribution in [1.82, 2.24) is 15.6 Å². The van der Waals surface area contributed by atoms with Gasteiger partial charge in [0.25, 0.3) is 0 Å². The number of nitrogens with zero attached hydrogens (tertiary/aromatic N) is 2. The number of guanidine groups is 1. The summed E-state index contributed by atoms with van der Waals surface area (Å²) < 4.78 is 42.2. The van der Waals surface area contributed by atoms with Crippen molar-refractivity contribution in [3.63, 3.8) is 0 Å². The normalized spacial score (nSPS) is 16.3. The fraction of sp³-hybridized carbons (Fsp3) is 0.381. The van der Waals surface area contributed by atoms with Gasteiger partial charge in [-0.2, -0.15) is 13.2 Å². The topological polar surface area (TPSA) is 87.6 Å². The van der Waals surface area contributed by atoms with Gasteiger partial charge in [-0.15, -0.1) is 0 Å². The van der Waals surface area contributed by atoms with Crippen molar-refractivity contribution in [2.75, 3.05) is 25.0 Å². The van der Waals surface area contributed by atoms with E-state index in [-0.39, 0.29) is 24.2 Å². The molecule has 1 unspecified atom stereocenters. The standard InChI is InChI=1S/C21H24F3N5O2/c1-2-25-20(27-11-14-6-5-9-26-19(14)31-13-21(22,23)24)28-12-15-10-18(30)29-17-8-4-3-7-16(15)17/h3-9,15H,2,10-13H2,1H3,(H,29,30)(H2,25,27,28). The minimum atomic E-state index is -4.45. The average Bonchev–Trinajstić information content (AvgIpc) is 2.74. The molecule has 3 N–H and O–H groups in total. The molecule has 166 valence electrons. The number of anilines is 1. The highest BCUT2D eigenvalue weighted by Crippen LogP contribution is 2.31. The second kappa shape index (κ2) is 10.1. The fourth-order valence-corrected chi connectivity index (χ4v) is 3.23. The Bertz CT molecular complexity index is 933. The first kappa shape index (κ1) is 22.4. The molecule has 1 atom stereocenters. The lowest BCUT2D eigenvalue weighted by molar-refractivity contribution is -0.154. The molecule has 0 saturated heterocycles. The van der Waals surface area contributed by atoms with Crippen molar-refractivity contribution in [1.29, 1.82) is 0 Å². The molecule has 31 heavy (non-hydrogen) atoms. The van der Waals surface area contributed by atoms with Crippen molar-refractivity contribution >= 4 is 17.6 Å². The average molecular weight is 435 g/mol. The number of aromatic nitrogens is 1. The van der Waals surface area contributed by atoms with Gasteiger partial charge in [0, 0.05) is 42.9 Å². The minimum absolute atomic E-state index is 0.0297. The van der Waals surface area contributed by atoms with E-state index < -0.39 is 12.8 Å². The zero-order valence-corrected chi connectivity index (χ0v) is 17.0. The van der Waals surface area contributed by atoms with Crippen LogP contribution in [-0.2, 0) is 11.3 Å². The first-order valence-electron chi connectivity index (χ1n) is 9.90. The number of amides is 1. The van der Waals surface area contributed by atoms with Crippen LogP contribution in [0.1, 0.15) is 30.4 Å². The van der Waals surface area contributed by atoms with E-state index in [1.165, 1.54) is 6.20 Å². The van der Waals surface area contributed by atoms with E-state index in [0.717, 1.165) is 11.3 Å². The summed E-state index contributed by atoms with van der Waals surface area (Å²) in [6, 6.07) is 10.9. The third-order valence-electron chi connectivity index (χ3n) is 4.60. The van der Waals surface area contributed by atoms with Gasteiger partial charge in [-0.3, -0.25) is 4.79 Å². The Morgan fingerprint density at radius 1 is 1.26 bits per heavy atom. The summed E-state index contributed by atoms with van der Waals surface area (Å²) in [6.45, 7) is 1.64. The molecule has 1 aliphatic rings. The summed E-state index contributed by atoms with van der Waals surface area (Å²) >= 11 is 0. The Hall–Kier alpha value is -3.30. The molecule has 0 bridgehead atoms. The number of ether oxygens (including phenoxy) is 1. The third-order valence-corrected chi connectivity index (χ3v) is 4.60. The number of halogens is 3. The molecule has 0 aliphatic carbocycles. The smallest absolute Gasteiger partial charge is 0.422 e. The third kappa shape index (κ3) is 6.59. The van der Waals surface area contributed by atoms with Crippen molar-refractivity contribution in [3.8, 4) is 5.88 Å². The lowest BCUT2D eigenvalue weighted by Crippen LogP contribution is -2.40.